The van der Waals surface area contributed by atoms with Gasteiger partial charge in [-0.1, -0.05) is 6.92 Å². The molecule has 0 saturated carbocycles. The van der Waals surface area contributed by atoms with E-state index in [1.165, 1.54) is 7.05 Å². The monoisotopic (exact) mass is 250 g/mol. The Morgan fingerprint density at radius 2 is 2.12 bits per heavy atom. The molecule has 1 N–H and O–H groups in total. The molecule has 1 aliphatic heterocycles. The number of carbonyl (C=O) groups excluding carboxylic acids is 2. The lowest BCUT2D eigenvalue weighted by molar-refractivity contribution is -0.119. The van der Waals surface area contributed by atoms with E-state index in [-0.39, 0.29) is 18.6 Å². The number of rotatable bonds is 3. The predicted octanol–water partition coefficient (Wildman–Crippen LogP) is 1.83. The summed E-state index contributed by atoms with van der Waals surface area (Å²) in [4.78, 5) is 23.6. The molecule has 0 aromatic heterocycles. The van der Waals surface area contributed by atoms with E-state index < -0.39 is 23.9 Å². The standard InChI is InChI=1S/C10H13F3N2O2/c1-3-7(16)4-6-5-8(10(11,12)13)14-9(17)15(6)2/h5-6H,3-4H2,1-2H3,(H,14,17). The van der Waals surface area contributed by atoms with Crippen molar-refractivity contribution in [3.8, 4) is 0 Å². The summed E-state index contributed by atoms with van der Waals surface area (Å²) in [7, 11) is 1.35. The zero-order valence-corrected chi connectivity index (χ0v) is 9.47. The van der Waals surface area contributed by atoms with Gasteiger partial charge in [-0.05, 0) is 6.08 Å². The number of nitrogens with zero attached hydrogens (tertiary/aromatic N) is 1. The van der Waals surface area contributed by atoms with Gasteiger partial charge < -0.3 is 10.2 Å². The molecule has 2 amide bonds. The van der Waals surface area contributed by atoms with Crippen molar-refractivity contribution in [3.05, 3.63) is 11.8 Å². The minimum Gasteiger partial charge on any atom is -0.321 e. The average Bonchev–Trinajstić information content (AvgIpc) is 2.22. The Balaban J connectivity index is 2.93. The van der Waals surface area contributed by atoms with Crippen LogP contribution in [0.2, 0.25) is 0 Å². The maximum Gasteiger partial charge on any atom is 0.431 e. The number of halogens is 3. The van der Waals surface area contributed by atoms with Crippen LogP contribution >= 0.6 is 0 Å². The fourth-order valence-corrected chi connectivity index (χ4v) is 1.44. The summed E-state index contributed by atoms with van der Waals surface area (Å²) in [5.74, 6) is -0.186. The summed E-state index contributed by atoms with van der Waals surface area (Å²) in [6, 6.07) is -1.69. The van der Waals surface area contributed by atoms with Crippen LogP contribution in [0.3, 0.4) is 0 Å². The number of carbonyl (C=O) groups is 2. The minimum atomic E-state index is -4.61. The number of hydrogen-bond donors (Lipinski definition) is 1. The molecule has 0 fully saturated rings. The number of hydrogen-bond acceptors (Lipinski definition) is 2. The molecule has 1 atom stereocenters. The predicted molar refractivity (Wildman–Crippen MR) is 54.1 cm³/mol. The van der Waals surface area contributed by atoms with Crippen molar-refractivity contribution in [2.45, 2.75) is 32.0 Å². The molecule has 1 rings (SSSR count). The first-order valence-corrected chi connectivity index (χ1v) is 5.10. The third-order valence-corrected chi connectivity index (χ3v) is 2.56. The summed E-state index contributed by atoms with van der Waals surface area (Å²) in [5.41, 5.74) is -1.10. The molecular formula is C10H13F3N2O2. The van der Waals surface area contributed by atoms with Crippen LogP contribution < -0.4 is 5.32 Å². The maximum absolute atomic E-state index is 12.4. The Kier molecular flexibility index (Phi) is 3.79. The first-order valence-electron chi connectivity index (χ1n) is 5.10. The lowest BCUT2D eigenvalue weighted by Crippen LogP contribution is -2.50. The van der Waals surface area contributed by atoms with Gasteiger partial charge in [-0.3, -0.25) is 4.79 Å². The normalized spacial score (nSPS) is 21.0. The molecule has 0 aromatic rings. The minimum absolute atomic E-state index is 0.0972. The smallest absolute Gasteiger partial charge is 0.321 e. The summed E-state index contributed by atoms with van der Waals surface area (Å²) in [5, 5.41) is 1.74. The molecule has 0 aromatic carbocycles. The van der Waals surface area contributed by atoms with E-state index in [1.807, 2.05) is 0 Å². The number of alkyl halides is 3. The van der Waals surface area contributed by atoms with Gasteiger partial charge in [0, 0.05) is 19.9 Å². The molecule has 0 aliphatic carbocycles. The number of ketones is 1. The Morgan fingerprint density at radius 3 is 2.59 bits per heavy atom. The van der Waals surface area contributed by atoms with Crippen molar-refractivity contribution in [3.63, 3.8) is 0 Å². The maximum atomic E-state index is 12.4. The first-order chi connectivity index (χ1) is 7.75. The van der Waals surface area contributed by atoms with Gasteiger partial charge in [-0.2, -0.15) is 13.2 Å². The third-order valence-electron chi connectivity index (χ3n) is 2.56. The molecule has 1 aliphatic rings. The second-order valence-electron chi connectivity index (χ2n) is 3.78. The highest BCUT2D eigenvalue weighted by Crippen LogP contribution is 2.27. The number of allylic oxidation sites excluding steroid dienone is 1. The molecule has 4 nitrogen and oxygen atoms in total. The van der Waals surface area contributed by atoms with Gasteiger partial charge in [0.1, 0.15) is 11.5 Å². The van der Waals surface area contributed by atoms with Crippen LogP contribution in [-0.4, -0.2) is 36.0 Å². The van der Waals surface area contributed by atoms with Crippen molar-refractivity contribution in [1.82, 2.24) is 10.2 Å². The SMILES string of the molecule is CCC(=O)CC1C=C(C(F)(F)F)NC(=O)N1C. The van der Waals surface area contributed by atoms with Gasteiger partial charge in [-0.25, -0.2) is 4.79 Å². The van der Waals surface area contributed by atoms with Gasteiger partial charge in [0.15, 0.2) is 0 Å². The van der Waals surface area contributed by atoms with E-state index in [4.69, 9.17) is 0 Å². The third kappa shape index (κ3) is 3.21. The summed E-state index contributed by atoms with van der Waals surface area (Å²) >= 11 is 0. The van der Waals surface area contributed by atoms with Crippen LogP contribution in [0, 0.1) is 0 Å². The number of urea groups is 1. The Labute approximate surface area is 96.5 Å². The van der Waals surface area contributed by atoms with Crippen LogP contribution in [-0.2, 0) is 4.79 Å². The van der Waals surface area contributed by atoms with Gasteiger partial charge in [0.25, 0.3) is 0 Å². The van der Waals surface area contributed by atoms with Crippen LogP contribution in [0.4, 0.5) is 18.0 Å². The van der Waals surface area contributed by atoms with E-state index in [0.29, 0.717) is 0 Å². The molecule has 0 bridgehead atoms. The molecule has 0 radical (unpaired) electrons. The molecular weight excluding hydrogens is 237 g/mol. The summed E-state index contributed by atoms with van der Waals surface area (Å²) in [6.45, 7) is 1.62. The fraction of sp³-hybridized carbons (Fsp3) is 0.600. The van der Waals surface area contributed by atoms with Crippen molar-refractivity contribution < 1.29 is 22.8 Å². The zero-order valence-electron chi connectivity index (χ0n) is 9.47. The molecule has 1 heterocycles. The van der Waals surface area contributed by atoms with E-state index >= 15 is 0 Å². The summed E-state index contributed by atoms with van der Waals surface area (Å²) < 4.78 is 37.3. The van der Waals surface area contributed by atoms with E-state index in [2.05, 4.69) is 0 Å². The lowest BCUT2D eigenvalue weighted by Gasteiger charge is -2.31. The van der Waals surface area contributed by atoms with Crippen LogP contribution in [0.25, 0.3) is 0 Å². The number of Topliss-reactive ketones (excluding diaryl/α,β-unsaturated/α-hetero) is 1. The topological polar surface area (TPSA) is 49.4 Å². The van der Waals surface area contributed by atoms with Crippen LogP contribution in [0.5, 0.6) is 0 Å². The number of likely N-dealkylation sites (N-methyl/N-ethyl adjacent to an activating group) is 1. The summed E-state index contributed by atoms with van der Waals surface area (Å²) in [6.07, 6.45) is -3.60. The highest BCUT2D eigenvalue weighted by atomic mass is 19.4. The Hall–Kier alpha value is -1.53. The average molecular weight is 250 g/mol. The highest BCUT2D eigenvalue weighted by Gasteiger charge is 2.40. The molecule has 0 spiro atoms. The number of amides is 2. The lowest BCUT2D eigenvalue weighted by atomic mass is 10.0. The van der Waals surface area contributed by atoms with Crippen molar-refractivity contribution in [2.24, 2.45) is 0 Å². The quantitative estimate of drug-likeness (QED) is 0.830. The first kappa shape index (κ1) is 13.5. The van der Waals surface area contributed by atoms with Crippen molar-refractivity contribution in [2.75, 3.05) is 7.05 Å². The molecule has 96 valence electrons. The molecule has 0 saturated heterocycles. The van der Waals surface area contributed by atoms with E-state index in [0.717, 1.165) is 11.0 Å². The van der Waals surface area contributed by atoms with Gasteiger partial charge in [0.05, 0.1) is 6.04 Å². The van der Waals surface area contributed by atoms with Gasteiger partial charge in [0.2, 0.25) is 0 Å². The van der Waals surface area contributed by atoms with Crippen molar-refractivity contribution in [1.29, 1.82) is 0 Å². The number of nitrogens with one attached hydrogen (secondary N) is 1. The zero-order chi connectivity index (χ0) is 13.2. The van der Waals surface area contributed by atoms with E-state index in [9.17, 15) is 22.8 Å². The highest BCUT2D eigenvalue weighted by molar-refractivity contribution is 5.82. The second kappa shape index (κ2) is 4.77. The van der Waals surface area contributed by atoms with Crippen LogP contribution in [0.15, 0.2) is 11.8 Å². The van der Waals surface area contributed by atoms with E-state index in [1.54, 1.807) is 12.2 Å². The van der Waals surface area contributed by atoms with Crippen LogP contribution in [0.1, 0.15) is 19.8 Å². The molecule has 7 heteroatoms. The van der Waals surface area contributed by atoms with Gasteiger partial charge in [-0.15, -0.1) is 0 Å². The van der Waals surface area contributed by atoms with Crippen molar-refractivity contribution >= 4 is 11.8 Å². The molecule has 1 unspecified atom stereocenters. The molecule has 17 heavy (non-hydrogen) atoms. The largest absolute Gasteiger partial charge is 0.431 e. The Morgan fingerprint density at radius 1 is 1.53 bits per heavy atom. The fourth-order valence-electron chi connectivity index (χ4n) is 1.44. The second-order valence-corrected chi connectivity index (χ2v) is 3.78. The Bertz CT molecular complexity index is 363. The van der Waals surface area contributed by atoms with Gasteiger partial charge >= 0.3 is 12.2 Å².